The van der Waals surface area contributed by atoms with Crippen molar-refractivity contribution in [1.82, 2.24) is 4.90 Å². The minimum atomic E-state index is -0.936. The first-order chi connectivity index (χ1) is 16.7. The van der Waals surface area contributed by atoms with E-state index < -0.39 is 23.5 Å². The fraction of sp³-hybridized carbons (Fsp3) is 0.154. The quantitative estimate of drug-likeness (QED) is 0.230. The van der Waals surface area contributed by atoms with Gasteiger partial charge >= 0.3 is 0 Å². The molecule has 1 heterocycles. The van der Waals surface area contributed by atoms with Gasteiger partial charge in [-0.25, -0.2) is 0 Å². The van der Waals surface area contributed by atoms with Crippen LogP contribution in [0, 0.1) is 0 Å². The number of halogens is 3. The number of ketones is 1. The number of nitrogens with zero attached hydrogens (tertiary/aromatic N) is 1. The molecule has 1 amide bonds. The zero-order chi connectivity index (χ0) is 25.3. The molecule has 2 N–H and O–H groups in total. The molecule has 35 heavy (non-hydrogen) atoms. The normalized spacial score (nSPS) is 17.1. The van der Waals surface area contributed by atoms with Gasteiger partial charge in [0.15, 0.2) is 5.75 Å². The number of aromatic hydroxyl groups is 1. The van der Waals surface area contributed by atoms with E-state index in [1.807, 2.05) is 12.1 Å². The number of phenols is 1. The number of rotatable bonds is 6. The number of Topliss-reactive ketones (excluding diaryl/α,β-unsaturated/α-hetero) is 1. The number of phenolic OH excluding ortho intramolecular Hbond substituents is 1. The van der Waals surface area contributed by atoms with Crippen LogP contribution in [0.15, 0.2) is 66.2 Å². The van der Waals surface area contributed by atoms with Gasteiger partial charge in [-0.05, 0) is 53.9 Å². The highest BCUT2D eigenvalue weighted by Crippen LogP contribution is 2.42. The Morgan fingerprint density at radius 3 is 2.26 bits per heavy atom. The van der Waals surface area contributed by atoms with Gasteiger partial charge in [0.25, 0.3) is 11.7 Å². The van der Waals surface area contributed by atoms with Crippen LogP contribution in [0.1, 0.15) is 22.7 Å². The lowest BCUT2D eigenvalue weighted by Crippen LogP contribution is -2.31. The van der Waals surface area contributed by atoms with Gasteiger partial charge in [0, 0.05) is 17.1 Å². The zero-order valence-electron chi connectivity index (χ0n) is 18.5. The Morgan fingerprint density at radius 1 is 1.00 bits per heavy atom. The monoisotopic (exact) mass is 531 g/mol. The van der Waals surface area contributed by atoms with Crippen LogP contribution in [-0.4, -0.2) is 40.5 Å². The molecular formula is C26H20Cl3NO5. The van der Waals surface area contributed by atoms with Crippen molar-refractivity contribution in [2.75, 3.05) is 13.7 Å². The van der Waals surface area contributed by atoms with E-state index in [4.69, 9.17) is 39.5 Å². The lowest BCUT2D eigenvalue weighted by Gasteiger charge is -2.25. The van der Waals surface area contributed by atoms with Crippen LogP contribution in [0.5, 0.6) is 11.5 Å². The molecule has 1 aliphatic rings. The number of likely N-dealkylation sites (tertiary alicyclic amines) is 1. The summed E-state index contributed by atoms with van der Waals surface area (Å²) in [6.07, 6.45) is 0.444. The summed E-state index contributed by atoms with van der Waals surface area (Å²) in [5.74, 6) is -1.87. The van der Waals surface area contributed by atoms with Crippen molar-refractivity contribution in [3.63, 3.8) is 0 Å². The molecule has 0 aliphatic carbocycles. The van der Waals surface area contributed by atoms with Crippen LogP contribution in [0.2, 0.25) is 15.1 Å². The summed E-state index contributed by atoms with van der Waals surface area (Å²) in [4.78, 5) is 27.7. The highest BCUT2D eigenvalue weighted by molar-refractivity contribution is 6.46. The lowest BCUT2D eigenvalue weighted by atomic mass is 9.95. The van der Waals surface area contributed by atoms with Crippen molar-refractivity contribution < 1.29 is 24.5 Å². The smallest absolute Gasteiger partial charge is 0.295 e. The Balaban J connectivity index is 1.81. The van der Waals surface area contributed by atoms with Gasteiger partial charge in [-0.15, -0.1) is 0 Å². The van der Waals surface area contributed by atoms with E-state index in [1.54, 1.807) is 24.3 Å². The van der Waals surface area contributed by atoms with Crippen LogP contribution in [0.4, 0.5) is 0 Å². The van der Waals surface area contributed by atoms with Gasteiger partial charge in [0.2, 0.25) is 0 Å². The number of amides is 1. The molecule has 3 aromatic rings. The third kappa shape index (κ3) is 4.96. The third-order valence-electron chi connectivity index (χ3n) is 5.76. The van der Waals surface area contributed by atoms with E-state index in [2.05, 4.69) is 0 Å². The molecule has 6 nitrogen and oxygen atoms in total. The molecule has 1 aliphatic heterocycles. The number of carbonyl (C=O) groups is 2. The molecular weight excluding hydrogens is 513 g/mol. The Hall–Kier alpha value is -3.19. The molecule has 1 unspecified atom stereocenters. The van der Waals surface area contributed by atoms with E-state index in [0.717, 1.165) is 5.56 Å². The number of carbonyl (C=O) groups excluding carboxylic acids is 2. The minimum Gasteiger partial charge on any atom is -0.508 e. The molecule has 180 valence electrons. The molecule has 4 rings (SSSR count). The summed E-state index contributed by atoms with van der Waals surface area (Å²) >= 11 is 18.4. The second-order valence-corrected chi connectivity index (χ2v) is 9.19. The standard InChI is InChI=1S/C26H20Cl3NO5/c1-35-25-19(28)12-16(13-20(25)29)23(32)21-22(15-3-2-4-18(31)11-15)30(26(34)24(21)33)10-9-14-5-7-17(27)8-6-14/h2-8,11-13,22,31-32H,9-10H2,1H3/b23-21+. The second kappa shape index (κ2) is 10.2. The third-order valence-corrected chi connectivity index (χ3v) is 6.57. The predicted molar refractivity (Wildman–Crippen MR) is 135 cm³/mol. The maximum absolute atomic E-state index is 13.2. The van der Waals surface area contributed by atoms with Gasteiger partial charge < -0.3 is 19.8 Å². The molecule has 0 saturated carbocycles. The fourth-order valence-corrected chi connectivity index (χ4v) is 4.87. The van der Waals surface area contributed by atoms with Crippen molar-refractivity contribution in [2.24, 2.45) is 0 Å². The number of benzene rings is 3. The van der Waals surface area contributed by atoms with Crippen molar-refractivity contribution in [3.05, 3.63) is 98.0 Å². The lowest BCUT2D eigenvalue weighted by molar-refractivity contribution is -0.139. The molecule has 3 aromatic carbocycles. The maximum atomic E-state index is 13.2. The average Bonchev–Trinajstić information content (AvgIpc) is 3.08. The summed E-state index contributed by atoms with van der Waals surface area (Å²) in [6.45, 7) is 0.188. The van der Waals surface area contributed by atoms with E-state index in [-0.39, 0.29) is 39.2 Å². The summed E-state index contributed by atoms with van der Waals surface area (Å²) < 4.78 is 5.15. The number of hydrogen-bond acceptors (Lipinski definition) is 5. The highest BCUT2D eigenvalue weighted by Gasteiger charge is 2.46. The Kier molecular flexibility index (Phi) is 7.26. The number of ether oxygens (including phenoxy) is 1. The van der Waals surface area contributed by atoms with Crippen LogP contribution >= 0.6 is 34.8 Å². The van der Waals surface area contributed by atoms with Gasteiger partial charge in [-0.1, -0.05) is 59.1 Å². The van der Waals surface area contributed by atoms with Gasteiger partial charge in [-0.3, -0.25) is 9.59 Å². The van der Waals surface area contributed by atoms with Crippen molar-refractivity contribution in [3.8, 4) is 11.5 Å². The minimum absolute atomic E-state index is 0.0404. The van der Waals surface area contributed by atoms with E-state index in [0.29, 0.717) is 17.0 Å². The van der Waals surface area contributed by atoms with Gasteiger partial charge in [0.1, 0.15) is 11.5 Å². The Labute approximate surface area is 216 Å². The molecule has 0 bridgehead atoms. The average molecular weight is 533 g/mol. The summed E-state index contributed by atoms with van der Waals surface area (Å²) in [7, 11) is 1.40. The molecule has 0 radical (unpaired) electrons. The molecule has 1 atom stereocenters. The van der Waals surface area contributed by atoms with Crippen LogP contribution in [0.3, 0.4) is 0 Å². The number of hydrogen-bond donors (Lipinski definition) is 2. The number of aliphatic hydroxyl groups excluding tert-OH is 1. The predicted octanol–water partition coefficient (Wildman–Crippen LogP) is 6.03. The number of aliphatic hydroxyl groups is 1. The SMILES string of the molecule is COc1c(Cl)cc(/C(O)=C2\C(=O)C(=O)N(CCc3ccc(Cl)cc3)C2c2cccc(O)c2)cc1Cl. The van der Waals surface area contributed by atoms with E-state index in [9.17, 15) is 19.8 Å². The summed E-state index contributed by atoms with van der Waals surface area (Å²) in [5, 5.41) is 22.1. The van der Waals surface area contributed by atoms with E-state index in [1.165, 1.54) is 36.3 Å². The molecule has 0 aromatic heterocycles. The highest BCUT2D eigenvalue weighted by atomic mass is 35.5. The molecule has 9 heteroatoms. The maximum Gasteiger partial charge on any atom is 0.295 e. The summed E-state index contributed by atoms with van der Waals surface area (Å²) in [5.41, 5.74) is 1.41. The Bertz CT molecular complexity index is 1310. The zero-order valence-corrected chi connectivity index (χ0v) is 20.7. The first kappa shape index (κ1) is 24.9. The van der Waals surface area contributed by atoms with Gasteiger partial charge in [-0.2, -0.15) is 0 Å². The summed E-state index contributed by atoms with van der Waals surface area (Å²) in [6, 6.07) is 15.2. The van der Waals surface area contributed by atoms with Crippen LogP contribution < -0.4 is 4.74 Å². The molecule has 1 saturated heterocycles. The molecule has 0 spiro atoms. The first-order valence-electron chi connectivity index (χ1n) is 10.6. The van der Waals surface area contributed by atoms with Crippen molar-refractivity contribution >= 4 is 52.3 Å². The number of methoxy groups -OCH3 is 1. The first-order valence-corrected chi connectivity index (χ1v) is 11.7. The van der Waals surface area contributed by atoms with Gasteiger partial charge in [0.05, 0.1) is 28.8 Å². The fourth-order valence-electron chi connectivity index (χ4n) is 4.10. The second-order valence-electron chi connectivity index (χ2n) is 7.94. The topological polar surface area (TPSA) is 87.1 Å². The molecule has 1 fully saturated rings. The van der Waals surface area contributed by atoms with Crippen molar-refractivity contribution in [1.29, 1.82) is 0 Å². The Morgan fingerprint density at radius 2 is 1.66 bits per heavy atom. The van der Waals surface area contributed by atoms with Crippen LogP contribution in [0.25, 0.3) is 5.76 Å². The van der Waals surface area contributed by atoms with E-state index >= 15 is 0 Å². The van der Waals surface area contributed by atoms with Crippen molar-refractivity contribution in [2.45, 2.75) is 12.5 Å². The van der Waals surface area contributed by atoms with Crippen LogP contribution in [-0.2, 0) is 16.0 Å². The largest absolute Gasteiger partial charge is 0.508 e.